The van der Waals surface area contributed by atoms with Gasteiger partial charge in [0.25, 0.3) is 0 Å². The number of nitrogens with zero attached hydrogens (tertiary/aromatic N) is 1. The molecule has 0 aliphatic carbocycles. The largest absolute Gasteiger partial charge is 0.416 e. The van der Waals surface area contributed by atoms with Gasteiger partial charge < -0.3 is 8.99 Å². The molecule has 0 saturated carbocycles. The molecule has 4 heteroatoms. The van der Waals surface area contributed by atoms with E-state index in [-0.39, 0.29) is 0 Å². The maximum absolute atomic E-state index is 5.92. The first-order valence-corrected chi connectivity index (χ1v) is 12.8. The summed E-state index contributed by atoms with van der Waals surface area (Å²) in [5.41, 5.74) is 0. The Morgan fingerprint density at radius 1 is 1.00 bits per heavy atom. The van der Waals surface area contributed by atoms with Crippen molar-refractivity contribution < 1.29 is 4.43 Å². The third-order valence-electron chi connectivity index (χ3n) is 2.35. The SMILES string of the molecule is CC(C)N(CCO[Si](C)(C)C)[Si](C)(C)C. The summed E-state index contributed by atoms with van der Waals surface area (Å²) >= 11 is 0. The van der Waals surface area contributed by atoms with Crippen molar-refractivity contribution in [1.82, 2.24) is 4.57 Å². The molecule has 0 aromatic carbocycles. The maximum Gasteiger partial charge on any atom is 0.183 e. The van der Waals surface area contributed by atoms with Gasteiger partial charge in [0, 0.05) is 13.2 Å². The van der Waals surface area contributed by atoms with E-state index in [0.717, 1.165) is 13.2 Å². The molecule has 2 nitrogen and oxygen atoms in total. The van der Waals surface area contributed by atoms with Gasteiger partial charge in [-0.15, -0.1) is 0 Å². The molecular formula is C11H29NOSi2. The van der Waals surface area contributed by atoms with E-state index in [0.29, 0.717) is 6.04 Å². The van der Waals surface area contributed by atoms with Gasteiger partial charge in [-0.05, 0) is 25.7 Å². The summed E-state index contributed by atoms with van der Waals surface area (Å²) in [6, 6.07) is 0.641. The average Bonchev–Trinajstić information content (AvgIpc) is 1.92. The van der Waals surface area contributed by atoms with Gasteiger partial charge in [0.2, 0.25) is 0 Å². The Kier molecular flexibility index (Phi) is 5.75. The summed E-state index contributed by atoms with van der Waals surface area (Å²) in [7, 11) is -2.51. The standard InChI is InChI=1S/C11H29NOSi2/c1-11(2)12(14(3,4)5)9-10-13-15(6,7)8/h11H,9-10H2,1-8H3. The average molecular weight is 248 g/mol. The topological polar surface area (TPSA) is 12.5 Å². The zero-order valence-corrected chi connectivity index (χ0v) is 13.8. The van der Waals surface area contributed by atoms with Crippen LogP contribution in [0.3, 0.4) is 0 Å². The molecule has 92 valence electrons. The summed E-state index contributed by atoms with van der Waals surface area (Å²) in [5.74, 6) is 0. The van der Waals surface area contributed by atoms with Crippen LogP contribution in [0.25, 0.3) is 0 Å². The zero-order valence-electron chi connectivity index (χ0n) is 11.8. The van der Waals surface area contributed by atoms with E-state index in [1.807, 2.05) is 0 Å². The van der Waals surface area contributed by atoms with Gasteiger partial charge >= 0.3 is 0 Å². The Hall–Kier alpha value is 0.354. The molecule has 0 radical (unpaired) electrons. The van der Waals surface area contributed by atoms with Gasteiger partial charge in [-0.1, -0.05) is 33.5 Å². The van der Waals surface area contributed by atoms with Crippen molar-refractivity contribution in [3.05, 3.63) is 0 Å². The Bertz CT molecular complexity index is 182. The molecule has 0 amide bonds. The summed E-state index contributed by atoms with van der Waals surface area (Å²) in [5, 5.41) is 0. The quantitative estimate of drug-likeness (QED) is 0.667. The van der Waals surface area contributed by atoms with Crippen LogP contribution in [-0.4, -0.2) is 40.3 Å². The molecule has 0 aromatic heterocycles. The molecule has 0 atom stereocenters. The molecule has 0 heterocycles. The highest BCUT2D eigenvalue weighted by atomic mass is 28.4. The lowest BCUT2D eigenvalue weighted by molar-refractivity contribution is 0.244. The molecule has 0 saturated heterocycles. The minimum Gasteiger partial charge on any atom is -0.416 e. The van der Waals surface area contributed by atoms with E-state index in [4.69, 9.17) is 4.43 Å². The fraction of sp³-hybridized carbons (Fsp3) is 1.00. The van der Waals surface area contributed by atoms with Crippen LogP contribution in [0.4, 0.5) is 0 Å². The third kappa shape index (κ3) is 7.27. The number of hydrogen-bond donors (Lipinski definition) is 0. The minimum atomic E-state index is -1.33. The van der Waals surface area contributed by atoms with Crippen molar-refractivity contribution in [3.8, 4) is 0 Å². The predicted octanol–water partition coefficient (Wildman–Crippen LogP) is 3.38. The molecule has 0 fully saturated rings. The molecule has 0 unspecified atom stereocenters. The second kappa shape index (κ2) is 5.61. The van der Waals surface area contributed by atoms with Gasteiger partial charge in [-0.3, -0.25) is 0 Å². The van der Waals surface area contributed by atoms with Crippen molar-refractivity contribution in [3.63, 3.8) is 0 Å². The maximum atomic E-state index is 5.92. The van der Waals surface area contributed by atoms with Crippen LogP contribution >= 0.6 is 0 Å². The molecular weight excluding hydrogens is 218 g/mol. The van der Waals surface area contributed by atoms with Gasteiger partial charge in [-0.2, -0.15) is 0 Å². The second-order valence-corrected chi connectivity index (χ2v) is 15.8. The molecule has 0 spiro atoms. The number of hydrogen-bond acceptors (Lipinski definition) is 2. The zero-order chi connectivity index (χ0) is 12.3. The van der Waals surface area contributed by atoms with Gasteiger partial charge in [0.15, 0.2) is 8.32 Å². The highest BCUT2D eigenvalue weighted by Gasteiger charge is 2.26. The van der Waals surface area contributed by atoms with Crippen LogP contribution in [0, 0.1) is 0 Å². The van der Waals surface area contributed by atoms with Crippen molar-refractivity contribution in [2.75, 3.05) is 13.2 Å². The van der Waals surface area contributed by atoms with Crippen molar-refractivity contribution >= 4 is 16.6 Å². The highest BCUT2D eigenvalue weighted by molar-refractivity contribution is 6.73. The second-order valence-electron chi connectivity index (χ2n) is 6.42. The molecule has 15 heavy (non-hydrogen) atoms. The van der Waals surface area contributed by atoms with Crippen molar-refractivity contribution in [2.24, 2.45) is 0 Å². The van der Waals surface area contributed by atoms with E-state index in [2.05, 4.69) is 57.7 Å². The monoisotopic (exact) mass is 247 g/mol. The highest BCUT2D eigenvalue weighted by Crippen LogP contribution is 2.13. The Labute approximate surface area is 98.2 Å². The van der Waals surface area contributed by atoms with Crippen LogP contribution in [0.1, 0.15) is 13.8 Å². The lowest BCUT2D eigenvalue weighted by atomic mass is 10.4. The molecule has 0 aliphatic heterocycles. The Morgan fingerprint density at radius 3 is 1.73 bits per heavy atom. The van der Waals surface area contributed by atoms with Gasteiger partial charge in [0.05, 0.1) is 0 Å². The molecule has 0 aromatic rings. The summed E-state index contributed by atoms with van der Waals surface area (Å²) in [6.07, 6.45) is 0. The molecule has 0 aliphatic rings. The lowest BCUT2D eigenvalue weighted by Crippen LogP contribution is -2.51. The van der Waals surface area contributed by atoms with Crippen LogP contribution in [0.15, 0.2) is 0 Å². The predicted molar refractivity (Wildman–Crippen MR) is 74.5 cm³/mol. The van der Waals surface area contributed by atoms with Gasteiger partial charge in [-0.25, -0.2) is 0 Å². The van der Waals surface area contributed by atoms with Crippen molar-refractivity contribution in [2.45, 2.75) is 59.2 Å². The van der Waals surface area contributed by atoms with Crippen LogP contribution in [0.5, 0.6) is 0 Å². The number of rotatable bonds is 6. The van der Waals surface area contributed by atoms with E-state index < -0.39 is 16.6 Å². The first-order valence-electron chi connectivity index (χ1n) is 5.95. The fourth-order valence-electron chi connectivity index (χ4n) is 1.82. The fourth-order valence-corrected chi connectivity index (χ4v) is 4.83. The van der Waals surface area contributed by atoms with Crippen LogP contribution < -0.4 is 0 Å². The Morgan fingerprint density at radius 2 is 1.47 bits per heavy atom. The third-order valence-corrected chi connectivity index (χ3v) is 5.89. The van der Waals surface area contributed by atoms with Crippen LogP contribution in [-0.2, 0) is 4.43 Å². The van der Waals surface area contributed by atoms with E-state index in [1.54, 1.807) is 0 Å². The molecule has 0 bridgehead atoms. The minimum absolute atomic E-state index is 0.641. The van der Waals surface area contributed by atoms with Crippen molar-refractivity contribution in [1.29, 1.82) is 0 Å². The first kappa shape index (κ1) is 15.4. The van der Waals surface area contributed by atoms with Crippen LogP contribution in [0.2, 0.25) is 39.3 Å². The first-order chi connectivity index (χ1) is 6.54. The normalized spacial score (nSPS) is 14.0. The lowest BCUT2D eigenvalue weighted by Gasteiger charge is -2.38. The van der Waals surface area contributed by atoms with E-state index in [1.165, 1.54) is 0 Å². The summed E-state index contributed by atoms with van der Waals surface area (Å²) in [6.45, 7) is 20.5. The summed E-state index contributed by atoms with van der Waals surface area (Å²) in [4.78, 5) is 0. The van der Waals surface area contributed by atoms with E-state index >= 15 is 0 Å². The molecule has 0 rings (SSSR count). The smallest absolute Gasteiger partial charge is 0.183 e. The van der Waals surface area contributed by atoms with E-state index in [9.17, 15) is 0 Å². The Balaban J connectivity index is 4.11. The summed E-state index contributed by atoms with van der Waals surface area (Å²) < 4.78 is 8.56. The van der Waals surface area contributed by atoms with Gasteiger partial charge in [0.1, 0.15) is 8.24 Å². The molecule has 0 N–H and O–H groups in total.